The molecular formula is C19H20N4O. The van der Waals surface area contributed by atoms with Crippen LogP contribution in [0.5, 0.6) is 5.75 Å². The summed E-state index contributed by atoms with van der Waals surface area (Å²) < 4.78 is 2.05. The Balaban J connectivity index is 1.53. The van der Waals surface area contributed by atoms with Crippen LogP contribution in [0.25, 0.3) is 5.65 Å². The van der Waals surface area contributed by atoms with Gasteiger partial charge in [0, 0.05) is 42.9 Å². The summed E-state index contributed by atoms with van der Waals surface area (Å²) in [4.78, 5) is 7.22. The average Bonchev–Trinajstić information content (AvgIpc) is 3.08. The molecule has 0 radical (unpaired) electrons. The Labute approximate surface area is 140 Å². The van der Waals surface area contributed by atoms with Crippen LogP contribution in [0.3, 0.4) is 0 Å². The van der Waals surface area contributed by atoms with Gasteiger partial charge in [0.25, 0.3) is 0 Å². The molecule has 2 aliphatic heterocycles. The molecule has 1 N–H and O–H groups in total. The highest BCUT2D eigenvalue weighted by molar-refractivity contribution is 5.44. The maximum atomic E-state index is 9.48. The van der Waals surface area contributed by atoms with Crippen molar-refractivity contribution in [2.75, 3.05) is 0 Å². The minimum atomic E-state index is 0.325. The molecule has 1 aromatic carbocycles. The van der Waals surface area contributed by atoms with Gasteiger partial charge in [-0.1, -0.05) is 12.1 Å². The molecule has 1 saturated heterocycles. The van der Waals surface area contributed by atoms with Gasteiger partial charge in [0.05, 0.1) is 11.4 Å². The maximum Gasteiger partial charge on any atom is 0.155 e. The van der Waals surface area contributed by atoms with Crippen molar-refractivity contribution in [1.29, 1.82) is 0 Å². The smallest absolute Gasteiger partial charge is 0.155 e. The van der Waals surface area contributed by atoms with Crippen LogP contribution in [0.4, 0.5) is 0 Å². The second kappa shape index (κ2) is 5.05. The molecule has 0 unspecified atom stereocenters. The van der Waals surface area contributed by atoms with Gasteiger partial charge in [-0.3, -0.25) is 4.90 Å². The lowest BCUT2D eigenvalue weighted by Gasteiger charge is -2.36. The maximum absolute atomic E-state index is 9.48. The molecule has 122 valence electrons. The van der Waals surface area contributed by atoms with Crippen molar-refractivity contribution in [3.8, 4) is 5.75 Å². The number of nitrogens with zero attached hydrogens (tertiary/aromatic N) is 4. The Morgan fingerprint density at radius 1 is 1.21 bits per heavy atom. The first-order chi connectivity index (χ1) is 11.7. The van der Waals surface area contributed by atoms with E-state index < -0.39 is 0 Å². The molecule has 0 amide bonds. The summed E-state index contributed by atoms with van der Waals surface area (Å²) in [6, 6.07) is 10.6. The zero-order chi connectivity index (χ0) is 16.3. The lowest BCUT2D eigenvalue weighted by Crippen LogP contribution is -2.38. The number of fused-ring (bicyclic) bond motifs is 6. The average molecular weight is 320 g/mol. The summed E-state index contributed by atoms with van der Waals surface area (Å²) >= 11 is 0. The van der Waals surface area contributed by atoms with Crippen LogP contribution in [0.15, 0.2) is 36.5 Å². The Kier molecular flexibility index (Phi) is 2.94. The molecule has 0 spiro atoms. The first-order valence-corrected chi connectivity index (χ1v) is 8.57. The predicted molar refractivity (Wildman–Crippen MR) is 90.8 cm³/mol. The minimum absolute atomic E-state index is 0.325. The molecule has 2 bridgehead atoms. The summed E-state index contributed by atoms with van der Waals surface area (Å²) in [5.74, 6) is 0.325. The topological polar surface area (TPSA) is 53.7 Å². The highest BCUT2D eigenvalue weighted by Gasteiger charge is 2.41. The Morgan fingerprint density at radius 2 is 2.04 bits per heavy atom. The zero-order valence-corrected chi connectivity index (χ0v) is 13.7. The highest BCUT2D eigenvalue weighted by Crippen LogP contribution is 2.44. The van der Waals surface area contributed by atoms with E-state index in [0.717, 1.165) is 24.3 Å². The summed E-state index contributed by atoms with van der Waals surface area (Å²) in [5.41, 5.74) is 5.89. The van der Waals surface area contributed by atoms with Crippen molar-refractivity contribution in [3.63, 3.8) is 0 Å². The fourth-order valence-corrected chi connectivity index (χ4v) is 4.36. The second-order valence-electron chi connectivity index (χ2n) is 7.01. The lowest BCUT2D eigenvalue weighted by atomic mass is 9.98. The molecular weight excluding hydrogens is 300 g/mol. The van der Waals surface area contributed by atoms with E-state index in [1.807, 2.05) is 29.6 Å². The van der Waals surface area contributed by atoms with E-state index in [1.165, 1.54) is 29.7 Å². The van der Waals surface area contributed by atoms with E-state index in [4.69, 9.17) is 0 Å². The van der Waals surface area contributed by atoms with Crippen molar-refractivity contribution >= 4 is 5.65 Å². The van der Waals surface area contributed by atoms with E-state index >= 15 is 0 Å². The zero-order valence-electron chi connectivity index (χ0n) is 13.7. The van der Waals surface area contributed by atoms with Gasteiger partial charge in [-0.2, -0.15) is 5.10 Å². The molecule has 0 aliphatic carbocycles. The second-order valence-corrected chi connectivity index (χ2v) is 7.01. The van der Waals surface area contributed by atoms with Crippen molar-refractivity contribution < 1.29 is 5.11 Å². The molecule has 4 heterocycles. The third-order valence-electron chi connectivity index (χ3n) is 5.47. The van der Waals surface area contributed by atoms with Crippen LogP contribution in [-0.2, 0) is 13.0 Å². The molecule has 2 aromatic heterocycles. The van der Waals surface area contributed by atoms with Crippen LogP contribution >= 0.6 is 0 Å². The van der Waals surface area contributed by atoms with E-state index in [-0.39, 0.29) is 0 Å². The van der Waals surface area contributed by atoms with E-state index in [0.29, 0.717) is 17.8 Å². The normalized spacial score (nSPS) is 22.9. The molecule has 24 heavy (non-hydrogen) atoms. The number of phenolic OH excluding ortho intramolecular Hbond substituents is 1. The molecule has 3 aromatic rings. The molecule has 2 aliphatic rings. The molecule has 0 saturated carbocycles. The molecule has 5 nitrogen and oxygen atoms in total. The number of rotatable bonds is 2. The Morgan fingerprint density at radius 3 is 2.88 bits per heavy atom. The summed E-state index contributed by atoms with van der Waals surface area (Å²) in [6.07, 6.45) is 5.49. The first kappa shape index (κ1) is 14.0. The minimum Gasteiger partial charge on any atom is -0.508 e. The van der Waals surface area contributed by atoms with E-state index in [9.17, 15) is 5.11 Å². The van der Waals surface area contributed by atoms with Gasteiger partial charge >= 0.3 is 0 Å². The number of hydrogen-bond acceptors (Lipinski definition) is 4. The Bertz CT molecular complexity index is 915. The van der Waals surface area contributed by atoms with Crippen LogP contribution in [0.2, 0.25) is 0 Å². The van der Waals surface area contributed by atoms with E-state index in [1.54, 1.807) is 12.1 Å². The molecule has 5 rings (SSSR count). The van der Waals surface area contributed by atoms with Gasteiger partial charge in [-0.15, -0.1) is 0 Å². The lowest BCUT2D eigenvalue weighted by molar-refractivity contribution is 0.165. The monoisotopic (exact) mass is 320 g/mol. The van der Waals surface area contributed by atoms with Gasteiger partial charge in [-0.05, 0) is 37.5 Å². The molecule has 2 atom stereocenters. The van der Waals surface area contributed by atoms with Gasteiger partial charge in [0.2, 0.25) is 0 Å². The SMILES string of the molecule is Cc1cc2ncc3c(n2n1)C[C@H]1CC[C@H]3N1Cc1ccc(O)cc1. The largest absolute Gasteiger partial charge is 0.508 e. The quantitative estimate of drug-likeness (QED) is 0.788. The van der Waals surface area contributed by atoms with Crippen LogP contribution < -0.4 is 0 Å². The number of aromatic hydroxyl groups is 1. The van der Waals surface area contributed by atoms with Crippen LogP contribution in [0.1, 0.15) is 41.4 Å². The summed E-state index contributed by atoms with van der Waals surface area (Å²) in [6.45, 7) is 2.95. The number of aryl methyl sites for hydroxylation is 1. The standard InChI is InChI=1S/C19H20N4O/c1-12-8-19-20-10-16-17-7-4-14(9-18(16)23(19)21-12)22(17)11-13-2-5-15(24)6-3-13/h2-3,5-6,8,10,14,17,24H,4,7,9,11H2,1H3/t14-,17-/m1/s1. The first-order valence-electron chi connectivity index (χ1n) is 8.57. The van der Waals surface area contributed by atoms with Gasteiger partial charge in [0.15, 0.2) is 5.65 Å². The predicted octanol–water partition coefficient (Wildman–Crippen LogP) is 3.01. The fourth-order valence-electron chi connectivity index (χ4n) is 4.36. The van der Waals surface area contributed by atoms with Gasteiger partial charge < -0.3 is 5.11 Å². The number of benzene rings is 1. The van der Waals surface area contributed by atoms with Gasteiger partial charge in [0.1, 0.15) is 5.75 Å². The third kappa shape index (κ3) is 2.04. The number of hydrogen-bond donors (Lipinski definition) is 1. The fraction of sp³-hybridized carbons (Fsp3) is 0.368. The molecule has 5 heteroatoms. The van der Waals surface area contributed by atoms with Crippen molar-refractivity contribution in [2.45, 2.75) is 44.8 Å². The van der Waals surface area contributed by atoms with Crippen molar-refractivity contribution in [1.82, 2.24) is 19.5 Å². The van der Waals surface area contributed by atoms with Gasteiger partial charge in [-0.25, -0.2) is 9.50 Å². The number of phenols is 1. The third-order valence-corrected chi connectivity index (χ3v) is 5.47. The van der Waals surface area contributed by atoms with E-state index in [2.05, 4.69) is 21.2 Å². The van der Waals surface area contributed by atoms with Crippen LogP contribution in [0, 0.1) is 6.92 Å². The molecule has 1 fully saturated rings. The highest BCUT2D eigenvalue weighted by atomic mass is 16.3. The van der Waals surface area contributed by atoms with Crippen LogP contribution in [-0.4, -0.2) is 30.6 Å². The Hall–Kier alpha value is -2.40. The number of aromatic nitrogens is 3. The van der Waals surface area contributed by atoms with Crippen molar-refractivity contribution in [3.05, 3.63) is 59.0 Å². The van der Waals surface area contributed by atoms with Crippen molar-refractivity contribution in [2.24, 2.45) is 0 Å². The summed E-state index contributed by atoms with van der Waals surface area (Å²) in [7, 11) is 0. The summed E-state index contributed by atoms with van der Waals surface area (Å²) in [5, 5.41) is 14.1.